The molecule has 2 aliphatic heterocycles. The maximum atomic E-state index is 12.2. The Morgan fingerprint density at radius 3 is 2.12 bits per heavy atom. The van der Waals surface area contributed by atoms with Crippen LogP contribution < -0.4 is 0 Å². The number of esters is 2. The van der Waals surface area contributed by atoms with Crippen molar-refractivity contribution in [1.29, 1.82) is 0 Å². The van der Waals surface area contributed by atoms with Gasteiger partial charge in [-0.15, -0.1) is 0 Å². The van der Waals surface area contributed by atoms with Gasteiger partial charge in [-0.05, 0) is 38.5 Å². The van der Waals surface area contributed by atoms with Crippen LogP contribution in [0.4, 0.5) is 0 Å². The van der Waals surface area contributed by atoms with Crippen LogP contribution in [0.25, 0.3) is 0 Å². The van der Waals surface area contributed by atoms with Gasteiger partial charge in [0.05, 0.1) is 30.3 Å². The van der Waals surface area contributed by atoms with Crippen LogP contribution in [-0.4, -0.2) is 48.6 Å². The van der Waals surface area contributed by atoms with Crippen molar-refractivity contribution in [3.8, 4) is 0 Å². The molecule has 0 amide bonds. The molecule has 0 aromatic heterocycles. The molecule has 0 bridgehead atoms. The standard InChI is InChI=1S/C19H28O6/c1-11(19(21)23-13-6-8-15-17(10-13)25-15)3-2-4-18(20)22-12-5-7-14-16(9-12)24-14/h11-17H,2-10H2,1H3. The summed E-state index contributed by atoms with van der Waals surface area (Å²) in [5, 5.41) is 0. The topological polar surface area (TPSA) is 77.7 Å². The molecule has 4 rings (SSSR count). The van der Waals surface area contributed by atoms with E-state index in [2.05, 4.69) is 0 Å². The highest BCUT2D eigenvalue weighted by molar-refractivity contribution is 5.72. The molecular formula is C19H28O6. The molecule has 25 heavy (non-hydrogen) atoms. The lowest BCUT2D eigenvalue weighted by Gasteiger charge is -2.22. The predicted molar refractivity (Wildman–Crippen MR) is 87.8 cm³/mol. The molecule has 2 heterocycles. The monoisotopic (exact) mass is 352 g/mol. The zero-order valence-corrected chi connectivity index (χ0v) is 14.9. The Labute approximate surface area is 148 Å². The van der Waals surface area contributed by atoms with Crippen molar-refractivity contribution in [1.82, 2.24) is 0 Å². The molecule has 0 aromatic rings. The van der Waals surface area contributed by atoms with Crippen molar-refractivity contribution in [3.63, 3.8) is 0 Å². The van der Waals surface area contributed by atoms with Crippen LogP contribution in [0.2, 0.25) is 0 Å². The van der Waals surface area contributed by atoms with Crippen molar-refractivity contribution in [3.05, 3.63) is 0 Å². The summed E-state index contributed by atoms with van der Waals surface area (Å²) in [7, 11) is 0. The highest BCUT2D eigenvalue weighted by atomic mass is 16.6. The molecule has 6 heteroatoms. The van der Waals surface area contributed by atoms with E-state index in [9.17, 15) is 9.59 Å². The Hall–Kier alpha value is -1.14. The van der Waals surface area contributed by atoms with Crippen molar-refractivity contribution >= 4 is 11.9 Å². The number of fused-ring (bicyclic) bond motifs is 2. The summed E-state index contributed by atoms with van der Waals surface area (Å²) in [5.41, 5.74) is 0. The summed E-state index contributed by atoms with van der Waals surface area (Å²) in [4.78, 5) is 24.1. The minimum absolute atomic E-state index is 0.00318. The van der Waals surface area contributed by atoms with E-state index in [4.69, 9.17) is 18.9 Å². The average molecular weight is 352 g/mol. The van der Waals surface area contributed by atoms with E-state index in [0.717, 1.165) is 38.5 Å². The second kappa shape index (κ2) is 7.23. The Kier molecular flexibility index (Phi) is 5.00. The van der Waals surface area contributed by atoms with Gasteiger partial charge in [0.25, 0.3) is 0 Å². The SMILES string of the molecule is CC(CCCC(=O)OC1CCC2OC2C1)C(=O)OC1CCC2OC2C1. The van der Waals surface area contributed by atoms with Gasteiger partial charge in [0.15, 0.2) is 0 Å². The van der Waals surface area contributed by atoms with E-state index in [0.29, 0.717) is 43.7 Å². The Bertz CT molecular complexity index is 520. The minimum atomic E-state index is -0.180. The van der Waals surface area contributed by atoms with E-state index in [-0.39, 0.29) is 30.1 Å². The van der Waals surface area contributed by atoms with Gasteiger partial charge in [-0.1, -0.05) is 6.92 Å². The first-order valence-electron chi connectivity index (χ1n) is 9.79. The molecule has 2 aliphatic carbocycles. The third-order valence-electron chi connectivity index (χ3n) is 5.91. The fourth-order valence-electron chi connectivity index (χ4n) is 4.14. The van der Waals surface area contributed by atoms with Gasteiger partial charge in [0.2, 0.25) is 0 Å². The lowest BCUT2D eigenvalue weighted by Crippen LogP contribution is -2.27. The number of ether oxygens (including phenoxy) is 4. The molecule has 4 fully saturated rings. The normalized spacial score (nSPS) is 39.6. The van der Waals surface area contributed by atoms with Crippen molar-refractivity contribution in [2.75, 3.05) is 0 Å². The molecule has 0 N–H and O–H groups in total. The second-order valence-electron chi connectivity index (χ2n) is 8.02. The van der Waals surface area contributed by atoms with Crippen molar-refractivity contribution < 1.29 is 28.5 Å². The number of rotatable bonds is 7. The zero-order valence-electron chi connectivity index (χ0n) is 14.9. The third kappa shape index (κ3) is 4.53. The average Bonchev–Trinajstić information content (AvgIpc) is 3.48. The molecular weight excluding hydrogens is 324 g/mol. The van der Waals surface area contributed by atoms with Gasteiger partial charge in [-0.25, -0.2) is 0 Å². The second-order valence-corrected chi connectivity index (χ2v) is 8.02. The van der Waals surface area contributed by atoms with Crippen LogP contribution in [0.1, 0.15) is 64.7 Å². The van der Waals surface area contributed by atoms with E-state index in [1.54, 1.807) is 0 Å². The smallest absolute Gasteiger partial charge is 0.308 e. The van der Waals surface area contributed by atoms with Gasteiger partial charge in [0.1, 0.15) is 12.2 Å². The van der Waals surface area contributed by atoms with E-state index in [1.165, 1.54) is 0 Å². The number of epoxide rings is 2. The van der Waals surface area contributed by atoms with E-state index >= 15 is 0 Å². The zero-order chi connectivity index (χ0) is 17.4. The molecule has 7 atom stereocenters. The Morgan fingerprint density at radius 2 is 1.52 bits per heavy atom. The van der Waals surface area contributed by atoms with Crippen LogP contribution in [-0.2, 0) is 28.5 Å². The van der Waals surface area contributed by atoms with Gasteiger partial charge in [-0.3, -0.25) is 9.59 Å². The summed E-state index contributed by atoms with van der Waals surface area (Å²) >= 11 is 0. The van der Waals surface area contributed by atoms with Crippen molar-refractivity contribution in [2.45, 2.75) is 101 Å². The molecule has 4 aliphatic rings. The summed E-state index contributed by atoms with van der Waals surface area (Å²) in [6.45, 7) is 1.87. The van der Waals surface area contributed by atoms with Crippen LogP contribution in [0.3, 0.4) is 0 Å². The van der Waals surface area contributed by atoms with E-state index < -0.39 is 0 Å². The highest BCUT2D eigenvalue weighted by Crippen LogP contribution is 2.38. The lowest BCUT2D eigenvalue weighted by molar-refractivity contribution is -0.156. The molecule has 2 saturated heterocycles. The first-order chi connectivity index (χ1) is 12.1. The summed E-state index contributed by atoms with van der Waals surface area (Å²) in [5.74, 6) is -0.489. The molecule has 140 valence electrons. The molecule has 7 unspecified atom stereocenters. The number of hydrogen-bond acceptors (Lipinski definition) is 6. The maximum absolute atomic E-state index is 12.2. The van der Waals surface area contributed by atoms with Gasteiger partial charge in [0, 0.05) is 19.3 Å². The molecule has 0 radical (unpaired) electrons. The maximum Gasteiger partial charge on any atom is 0.308 e. The van der Waals surface area contributed by atoms with Gasteiger partial charge in [-0.2, -0.15) is 0 Å². The summed E-state index contributed by atoms with van der Waals surface area (Å²) in [6.07, 6.45) is 8.64. The molecule has 6 nitrogen and oxygen atoms in total. The highest BCUT2D eigenvalue weighted by Gasteiger charge is 2.46. The first kappa shape index (κ1) is 17.3. The fourth-order valence-corrected chi connectivity index (χ4v) is 4.14. The quantitative estimate of drug-likeness (QED) is 0.517. The van der Waals surface area contributed by atoms with Crippen LogP contribution >= 0.6 is 0 Å². The van der Waals surface area contributed by atoms with Crippen molar-refractivity contribution in [2.24, 2.45) is 5.92 Å². The number of carbonyl (C=O) groups is 2. The fraction of sp³-hybridized carbons (Fsp3) is 0.895. The predicted octanol–water partition coefficient (Wildman–Crippen LogP) is 2.52. The van der Waals surface area contributed by atoms with Crippen LogP contribution in [0.15, 0.2) is 0 Å². The number of carbonyl (C=O) groups excluding carboxylic acids is 2. The minimum Gasteiger partial charge on any atom is -0.462 e. The largest absolute Gasteiger partial charge is 0.462 e. The Balaban J connectivity index is 1.09. The number of hydrogen-bond donors (Lipinski definition) is 0. The van der Waals surface area contributed by atoms with Gasteiger partial charge < -0.3 is 18.9 Å². The Morgan fingerprint density at radius 1 is 0.920 bits per heavy atom. The molecule has 0 aromatic carbocycles. The van der Waals surface area contributed by atoms with Gasteiger partial charge >= 0.3 is 11.9 Å². The molecule has 2 saturated carbocycles. The lowest BCUT2D eigenvalue weighted by atomic mass is 9.97. The third-order valence-corrected chi connectivity index (χ3v) is 5.91. The van der Waals surface area contributed by atoms with E-state index in [1.807, 2.05) is 6.92 Å². The first-order valence-corrected chi connectivity index (χ1v) is 9.79. The summed E-state index contributed by atoms with van der Waals surface area (Å²) < 4.78 is 22.0. The summed E-state index contributed by atoms with van der Waals surface area (Å²) in [6, 6.07) is 0. The van der Waals surface area contributed by atoms with Crippen LogP contribution in [0, 0.1) is 5.92 Å². The molecule has 0 spiro atoms. The van der Waals surface area contributed by atoms with Crippen LogP contribution in [0.5, 0.6) is 0 Å².